The number of amides is 1. The average Bonchev–Trinajstić information content (AvgIpc) is 2.48. The van der Waals surface area contributed by atoms with Gasteiger partial charge in [0.25, 0.3) is 5.91 Å². The molecule has 1 amide bonds. The van der Waals surface area contributed by atoms with E-state index in [1.165, 1.54) is 0 Å². The number of carbonyl (C=O) groups excluding carboxylic acids is 1. The van der Waals surface area contributed by atoms with Crippen LogP contribution in [0.25, 0.3) is 0 Å². The van der Waals surface area contributed by atoms with Crippen molar-refractivity contribution in [3.05, 3.63) is 35.4 Å². The van der Waals surface area contributed by atoms with Gasteiger partial charge in [0, 0.05) is 25.3 Å². The monoisotopic (exact) mass is 291 g/mol. The highest BCUT2D eigenvalue weighted by molar-refractivity contribution is 5.94. The van der Waals surface area contributed by atoms with Crippen LogP contribution in [0.3, 0.4) is 0 Å². The lowest BCUT2D eigenvalue weighted by Crippen LogP contribution is -2.44. The van der Waals surface area contributed by atoms with E-state index in [4.69, 9.17) is 9.84 Å². The van der Waals surface area contributed by atoms with Crippen molar-refractivity contribution in [3.63, 3.8) is 0 Å². The minimum atomic E-state index is -0.852. The first-order chi connectivity index (χ1) is 10.1. The Morgan fingerprint density at radius 1 is 1.29 bits per heavy atom. The number of piperidine rings is 1. The number of nitrogens with zero attached hydrogens (tertiary/aromatic N) is 1. The van der Waals surface area contributed by atoms with Gasteiger partial charge in [0.2, 0.25) is 0 Å². The molecule has 0 bridgehead atoms. The molecule has 1 aliphatic heterocycles. The summed E-state index contributed by atoms with van der Waals surface area (Å²) < 4.78 is 5.04. The van der Waals surface area contributed by atoms with Crippen LogP contribution in [-0.4, -0.2) is 41.6 Å². The van der Waals surface area contributed by atoms with Gasteiger partial charge >= 0.3 is 5.97 Å². The molecule has 1 atom stereocenters. The summed E-state index contributed by atoms with van der Waals surface area (Å²) in [5.41, 5.74) is 1.61. The Hall–Kier alpha value is -1.88. The highest BCUT2D eigenvalue weighted by atomic mass is 16.5. The standard InChI is InChI=1S/C16H21NO4/c1-21-11-12-5-7-13(8-6-12)16(20)17-9-3-2-4-14(17)10-15(18)19/h5-8,14H,2-4,9-11H2,1H3,(H,18,19). The van der Waals surface area contributed by atoms with Crippen molar-refractivity contribution in [2.45, 2.75) is 38.3 Å². The predicted molar refractivity (Wildman–Crippen MR) is 78.1 cm³/mol. The highest BCUT2D eigenvalue weighted by Gasteiger charge is 2.28. The molecule has 1 N–H and O–H groups in total. The lowest BCUT2D eigenvalue weighted by Gasteiger charge is -2.35. The zero-order valence-electron chi connectivity index (χ0n) is 12.2. The fraction of sp³-hybridized carbons (Fsp3) is 0.500. The maximum atomic E-state index is 12.6. The summed E-state index contributed by atoms with van der Waals surface area (Å²) in [7, 11) is 1.63. The quantitative estimate of drug-likeness (QED) is 0.904. The van der Waals surface area contributed by atoms with Crippen LogP contribution in [0, 0.1) is 0 Å². The smallest absolute Gasteiger partial charge is 0.305 e. The zero-order chi connectivity index (χ0) is 15.2. The molecule has 21 heavy (non-hydrogen) atoms. The molecule has 1 saturated heterocycles. The SMILES string of the molecule is COCc1ccc(C(=O)N2CCCCC2CC(=O)O)cc1. The fourth-order valence-corrected chi connectivity index (χ4v) is 2.76. The summed E-state index contributed by atoms with van der Waals surface area (Å²) in [6.45, 7) is 1.15. The molecule has 2 rings (SSSR count). The van der Waals surface area contributed by atoms with Crippen molar-refractivity contribution in [2.24, 2.45) is 0 Å². The van der Waals surface area contributed by atoms with Gasteiger partial charge in [-0.25, -0.2) is 0 Å². The number of rotatable bonds is 5. The lowest BCUT2D eigenvalue weighted by molar-refractivity contribution is -0.138. The second-order valence-electron chi connectivity index (χ2n) is 5.38. The Labute approximate surface area is 124 Å². The second kappa shape index (κ2) is 7.22. The van der Waals surface area contributed by atoms with E-state index in [2.05, 4.69) is 0 Å². The molecule has 5 heteroatoms. The largest absolute Gasteiger partial charge is 0.481 e. The molecule has 0 radical (unpaired) electrons. The molecule has 1 heterocycles. The van der Waals surface area contributed by atoms with E-state index in [1.807, 2.05) is 12.1 Å². The van der Waals surface area contributed by atoms with Crippen molar-refractivity contribution < 1.29 is 19.4 Å². The van der Waals surface area contributed by atoms with Crippen LogP contribution < -0.4 is 0 Å². The van der Waals surface area contributed by atoms with Crippen LogP contribution in [-0.2, 0) is 16.1 Å². The molecule has 5 nitrogen and oxygen atoms in total. The molecule has 114 valence electrons. The third kappa shape index (κ3) is 4.04. The summed E-state index contributed by atoms with van der Waals surface area (Å²) in [4.78, 5) is 25.2. The summed E-state index contributed by atoms with van der Waals surface area (Å²) in [6, 6.07) is 7.11. The molecule has 0 aromatic heterocycles. The van der Waals surface area contributed by atoms with Gasteiger partial charge in [-0.3, -0.25) is 9.59 Å². The van der Waals surface area contributed by atoms with Gasteiger partial charge < -0.3 is 14.7 Å². The molecule has 0 spiro atoms. The van der Waals surface area contributed by atoms with Crippen molar-refractivity contribution >= 4 is 11.9 Å². The number of carboxylic acids is 1. The Kier molecular flexibility index (Phi) is 5.33. The van der Waals surface area contributed by atoms with Crippen LogP contribution in [0.4, 0.5) is 0 Å². The first-order valence-corrected chi connectivity index (χ1v) is 7.22. The Bertz CT molecular complexity index is 498. The van der Waals surface area contributed by atoms with E-state index in [1.54, 1.807) is 24.1 Å². The third-order valence-corrected chi connectivity index (χ3v) is 3.81. The van der Waals surface area contributed by atoms with Crippen LogP contribution in [0.2, 0.25) is 0 Å². The topological polar surface area (TPSA) is 66.8 Å². The predicted octanol–water partition coefficient (Wildman–Crippen LogP) is 2.30. The van der Waals surface area contributed by atoms with E-state index in [9.17, 15) is 9.59 Å². The summed E-state index contributed by atoms with van der Waals surface area (Å²) in [5, 5.41) is 8.98. The van der Waals surface area contributed by atoms with Crippen LogP contribution in [0.1, 0.15) is 41.6 Å². The Morgan fingerprint density at radius 2 is 2.00 bits per heavy atom. The van der Waals surface area contributed by atoms with Gasteiger partial charge in [-0.05, 0) is 37.0 Å². The van der Waals surface area contributed by atoms with Crippen LogP contribution >= 0.6 is 0 Å². The molecule has 1 aromatic rings. The van der Waals surface area contributed by atoms with E-state index in [0.29, 0.717) is 18.7 Å². The number of methoxy groups -OCH3 is 1. The first kappa shape index (κ1) is 15.5. The van der Waals surface area contributed by atoms with Crippen molar-refractivity contribution in [1.82, 2.24) is 4.90 Å². The van der Waals surface area contributed by atoms with E-state index >= 15 is 0 Å². The van der Waals surface area contributed by atoms with Gasteiger partial charge in [-0.2, -0.15) is 0 Å². The van der Waals surface area contributed by atoms with Gasteiger partial charge in [-0.15, -0.1) is 0 Å². The lowest BCUT2D eigenvalue weighted by atomic mass is 9.98. The summed E-state index contributed by atoms with van der Waals surface area (Å²) in [5.74, 6) is -0.931. The third-order valence-electron chi connectivity index (χ3n) is 3.81. The fourth-order valence-electron chi connectivity index (χ4n) is 2.76. The Morgan fingerprint density at radius 3 is 2.62 bits per heavy atom. The number of ether oxygens (including phenoxy) is 1. The average molecular weight is 291 g/mol. The minimum absolute atomic E-state index is 0.0213. The van der Waals surface area contributed by atoms with Gasteiger partial charge in [0.1, 0.15) is 0 Å². The molecular weight excluding hydrogens is 270 g/mol. The van der Waals surface area contributed by atoms with Crippen molar-refractivity contribution in [2.75, 3.05) is 13.7 Å². The second-order valence-corrected chi connectivity index (χ2v) is 5.38. The number of carbonyl (C=O) groups is 2. The number of carboxylic acid groups (broad SMARTS) is 1. The molecule has 1 unspecified atom stereocenters. The van der Waals surface area contributed by atoms with Gasteiger partial charge in [-0.1, -0.05) is 12.1 Å². The van der Waals surface area contributed by atoms with Crippen LogP contribution in [0.15, 0.2) is 24.3 Å². The van der Waals surface area contributed by atoms with Crippen molar-refractivity contribution in [3.8, 4) is 0 Å². The number of benzene rings is 1. The maximum absolute atomic E-state index is 12.6. The number of aliphatic carboxylic acids is 1. The number of hydrogen-bond acceptors (Lipinski definition) is 3. The van der Waals surface area contributed by atoms with Gasteiger partial charge in [0.05, 0.1) is 13.0 Å². The molecule has 1 fully saturated rings. The van der Waals surface area contributed by atoms with E-state index in [-0.39, 0.29) is 18.4 Å². The molecular formula is C16H21NO4. The van der Waals surface area contributed by atoms with Crippen molar-refractivity contribution in [1.29, 1.82) is 0 Å². The normalized spacial score (nSPS) is 18.5. The van der Waals surface area contributed by atoms with Gasteiger partial charge in [0.15, 0.2) is 0 Å². The number of likely N-dealkylation sites (tertiary alicyclic amines) is 1. The molecule has 1 aromatic carbocycles. The molecule has 0 aliphatic carbocycles. The summed E-state index contributed by atoms with van der Waals surface area (Å²) >= 11 is 0. The minimum Gasteiger partial charge on any atom is -0.481 e. The number of hydrogen-bond donors (Lipinski definition) is 1. The molecule has 1 aliphatic rings. The Balaban J connectivity index is 2.10. The van der Waals surface area contributed by atoms with E-state index < -0.39 is 5.97 Å². The van der Waals surface area contributed by atoms with Crippen LogP contribution in [0.5, 0.6) is 0 Å². The van der Waals surface area contributed by atoms with E-state index in [0.717, 1.165) is 24.8 Å². The zero-order valence-corrected chi connectivity index (χ0v) is 12.2. The molecule has 0 saturated carbocycles. The first-order valence-electron chi connectivity index (χ1n) is 7.22. The maximum Gasteiger partial charge on any atom is 0.305 e. The highest BCUT2D eigenvalue weighted by Crippen LogP contribution is 2.22. The summed E-state index contributed by atoms with van der Waals surface area (Å²) in [6.07, 6.45) is 2.70.